The van der Waals surface area contributed by atoms with E-state index in [1.165, 1.54) is 17.0 Å². The molecule has 3 aromatic heterocycles. The van der Waals surface area contributed by atoms with Crippen LogP contribution in [0.5, 0.6) is 0 Å². The quantitative estimate of drug-likeness (QED) is 0.587. The fourth-order valence-corrected chi connectivity index (χ4v) is 2.84. The Morgan fingerprint density at radius 1 is 1.12 bits per heavy atom. The molecule has 0 aliphatic rings. The van der Waals surface area contributed by atoms with Gasteiger partial charge in [-0.3, -0.25) is 9.36 Å². The summed E-state index contributed by atoms with van der Waals surface area (Å²) in [5, 5.41) is 0. The van der Waals surface area contributed by atoms with Gasteiger partial charge in [-0.25, -0.2) is 15.0 Å². The fraction of sp³-hybridized carbons (Fsp3) is 0.111. The van der Waals surface area contributed by atoms with Crippen LogP contribution in [0.25, 0.3) is 28.2 Å². The lowest BCUT2D eigenvalue weighted by Crippen LogP contribution is -2.15. The lowest BCUT2D eigenvalue weighted by Gasteiger charge is -2.10. The molecular weight excluding hydrogens is 352 g/mol. The Bertz CT molecular complexity index is 1160. The van der Waals surface area contributed by atoms with Crippen LogP contribution in [-0.2, 0) is 7.05 Å². The van der Waals surface area contributed by atoms with E-state index in [0.717, 1.165) is 16.8 Å². The van der Waals surface area contributed by atoms with Crippen LogP contribution in [0.3, 0.4) is 0 Å². The normalized spacial score (nSPS) is 10.7. The maximum absolute atomic E-state index is 11.8. The van der Waals surface area contributed by atoms with Gasteiger partial charge in [0.25, 0.3) is 0 Å². The van der Waals surface area contributed by atoms with Crippen molar-refractivity contribution in [3.8, 4) is 17.1 Å². The number of pyridine rings is 1. The number of hydrogen-bond acceptors (Lipinski definition) is 5. The minimum atomic E-state index is -0.0839. The van der Waals surface area contributed by atoms with Crippen molar-refractivity contribution in [3.05, 3.63) is 64.8 Å². The van der Waals surface area contributed by atoms with Gasteiger partial charge in [-0.05, 0) is 19.1 Å². The fourth-order valence-electron chi connectivity index (χ4n) is 2.84. The predicted molar refractivity (Wildman–Crippen MR) is 104 cm³/mol. The van der Waals surface area contributed by atoms with Gasteiger partial charge in [0.05, 0.1) is 5.69 Å². The molecule has 0 atom stereocenters. The van der Waals surface area contributed by atoms with Crippen LogP contribution < -0.4 is 11.3 Å². The van der Waals surface area contributed by atoms with Crippen LogP contribution in [0.1, 0.15) is 5.56 Å². The van der Waals surface area contributed by atoms with Gasteiger partial charge in [0.15, 0.2) is 17.0 Å². The summed E-state index contributed by atoms with van der Waals surface area (Å²) in [6, 6.07) is 11.3. The molecule has 132 valence electrons. The average Bonchev–Trinajstić information content (AvgIpc) is 2.98. The minimum absolute atomic E-state index is 0. The van der Waals surface area contributed by atoms with E-state index in [1.807, 2.05) is 35.8 Å². The van der Waals surface area contributed by atoms with E-state index >= 15 is 0 Å². The van der Waals surface area contributed by atoms with Gasteiger partial charge in [0, 0.05) is 24.9 Å². The monoisotopic (exact) mass is 368 g/mol. The summed E-state index contributed by atoms with van der Waals surface area (Å²) in [5.41, 5.74) is 9.88. The van der Waals surface area contributed by atoms with E-state index < -0.39 is 0 Å². The third-order valence-electron chi connectivity index (χ3n) is 4.08. The Morgan fingerprint density at radius 2 is 1.92 bits per heavy atom. The molecular formula is C18H17ClN6O. The number of hydrogen-bond donors (Lipinski definition) is 1. The molecule has 0 bridgehead atoms. The molecule has 2 N–H and O–H groups in total. The summed E-state index contributed by atoms with van der Waals surface area (Å²) in [7, 11) is 1.71. The number of fused-ring (bicyclic) bond motifs is 1. The van der Waals surface area contributed by atoms with Crippen LogP contribution in [0.4, 0.5) is 5.82 Å². The Morgan fingerprint density at radius 3 is 2.65 bits per heavy atom. The van der Waals surface area contributed by atoms with Crippen molar-refractivity contribution >= 4 is 29.4 Å². The van der Waals surface area contributed by atoms with Crippen molar-refractivity contribution in [3.63, 3.8) is 0 Å². The number of nitrogens with two attached hydrogens (primary N) is 1. The van der Waals surface area contributed by atoms with E-state index in [9.17, 15) is 4.79 Å². The highest BCUT2D eigenvalue weighted by Crippen LogP contribution is 2.29. The molecule has 8 heteroatoms. The smallest absolute Gasteiger partial charge is 0.250 e. The molecule has 0 unspecified atom stereocenters. The van der Waals surface area contributed by atoms with Crippen LogP contribution >= 0.6 is 12.4 Å². The third kappa shape index (κ3) is 2.82. The number of benzene rings is 1. The Hall–Kier alpha value is -3.19. The van der Waals surface area contributed by atoms with Gasteiger partial charge in [-0.1, -0.05) is 23.8 Å². The first kappa shape index (κ1) is 17.6. The molecule has 0 saturated heterocycles. The van der Waals surface area contributed by atoms with Crippen LogP contribution in [-0.4, -0.2) is 24.1 Å². The highest BCUT2D eigenvalue weighted by molar-refractivity contribution is 5.87. The Balaban J connectivity index is 0.00000196. The molecule has 0 radical (unpaired) electrons. The number of rotatable bonds is 2. The molecule has 0 aliphatic carbocycles. The van der Waals surface area contributed by atoms with Crippen LogP contribution in [0.2, 0.25) is 0 Å². The van der Waals surface area contributed by atoms with Crippen molar-refractivity contribution in [2.45, 2.75) is 6.92 Å². The Kier molecular flexibility index (Phi) is 4.48. The number of anilines is 1. The second-order valence-corrected chi connectivity index (χ2v) is 5.91. The summed E-state index contributed by atoms with van der Waals surface area (Å²) >= 11 is 0. The first-order chi connectivity index (χ1) is 12.0. The van der Waals surface area contributed by atoms with Crippen LogP contribution in [0, 0.1) is 6.92 Å². The summed E-state index contributed by atoms with van der Waals surface area (Å²) in [5.74, 6) is 1.02. The number of nitrogen functional groups attached to an aromatic ring is 1. The van der Waals surface area contributed by atoms with E-state index in [1.54, 1.807) is 19.3 Å². The molecule has 0 aliphatic heterocycles. The molecule has 3 heterocycles. The van der Waals surface area contributed by atoms with Crippen molar-refractivity contribution in [2.75, 3.05) is 5.73 Å². The number of imidazole rings is 1. The molecule has 0 saturated carbocycles. The van der Waals surface area contributed by atoms with E-state index in [-0.39, 0.29) is 18.0 Å². The zero-order valence-electron chi connectivity index (χ0n) is 14.2. The van der Waals surface area contributed by atoms with Crippen LogP contribution in [0.15, 0.2) is 53.7 Å². The van der Waals surface area contributed by atoms with Crippen molar-refractivity contribution in [1.29, 1.82) is 0 Å². The number of nitrogens with zero attached hydrogens (tertiary/aromatic N) is 5. The topological polar surface area (TPSA) is 91.6 Å². The van der Waals surface area contributed by atoms with Gasteiger partial charge in [0.1, 0.15) is 12.2 Å². The zero-order valence-corrected chi connectivity index (χ0v) is 15.1. The summed E-state index contributed by atoms with van der Waals surface area (Å²) in [6.45, 7) is 2.02. The molecule has 4 aromatic rings. The second kappa shape index (κ2) is 6.61. The lowest BCUT2D eigenvalue weighted by molar-refractivity contribution is 0.846. The molecule has 26 heavy (non-hydrogen) atoms. The third-order valence-corrected chi connectivity index (χ3v) is 4.08. The first-order valence-corrected chi connectivity index (χ1v) is 7.77. The van der Waals surface area contributed by atoms with Gasteiger partial charge in [-0.2, -0.15) is 0 Å². The molecule has 4 rings (SSSR count). The van der Waals surface area contributed by atoms with Gasteiger partial charge >= 0.3 is 0 Å². The number of aromatic nitrogens is 5. The van der Waals surface area contributed by atoms with E-state index in [0.29, 0.717) is 22.8 Å². The molecule has 0 fully saturated rings. The number of halogens is 1. The van der Waals surface area contributed by atoms with Gasteiger partial charge in [-0.15, -0.1) is 12.4 Å². The summed E-state index contributed by atoms with van der Waals surface area (Å²) in [6.07, 6.45) is 3.17. The van der Waals surface area contributed by atoms with E-state index in [2.05, 4.69) is 15.0 Å². The maximum Gasteiger partial charge on any atom is 0.250 e. The highest BCUT2D eigenvalue weighted by atomic mass is 35.5. The van der Waals surface area contributed by atoms with Gasteiger partial charge < -0.3 is 10.3 Å². The lowest BCUT2D eigenvalue weighted by atomic mass is 10.1. The minimum Gasteiger partial charge on any atom is -0.382 e. The largest absolute Gasteiger partial charge is 0.382 e. The van der Waals surface area contributed by atoms with Gasteiger partial charge in [0.2, 0.25) is 5.56 Å². The predicted octanol–water partition coefficient (Wildman–Crippen LogP) is 2.49. The summed E-state index contributed by atoms with van der Waals surface area (Å²) < 4.78 is 3.41. The molecule has 0 amide bonds. The summed E-state index contributed by atoms with van der Waals surface area (Å²) in [4.78, 5) is 24.8. The highest BCUT2D eigenvalue weighted by Gasteiger charge is 2.18. The second-order valence-electron chi connectivity index (χ2n) is 5.91. The SMILES string of the molecule is Cc1cccc(-c2nc3c(N)ncnc3n2-c2ccc(=O)n(C)c2)c1.Cl. The Labute approximate surface area is 155 Å². The molecule has 0 spiro atoms. The first-order valence-electron chi connectivity index (χ1n) is 7.77. The van der Waals surface area contributed by atoms with Crippen molar-refractivity contribution in [1.82, 2.24) is 24.1 Å². The standard InChI is InChI=1S/C18H16N6O.ClH/c1-11-4-3-5-12(8-11)17-22-15-16(19)20-10-21-18(15)24(17)13-6-7-14(25)23(2)9-13;/h3-10H,1-2H3,(H2,19,20,21);1H. The molecule has 1 aromatic carbocycles. The zero-order chi connectivity index (χ0) is 17.6. The maximum atomic E-state index is 11.8. The molecule has 7 nitrogen and oxygen atoms in total. The van der Waals surface area contributed by atoms with E-state index in [4.69, 9.17) is 5.73 Å². The van der Waals surface area contributed by atoms with Crippen molar-refractivity contribution in [2.24, 2.45) is 7.05 Å². The van der Waals surface area contributed by atoms with Crippen molar-refractivity contribution < 1.29 is 0 Å². The average molecular weight is 369 g/mol. The number of aryl methyl sites for hydroxylation is 2.